The molecule has 0 spiro atoms. The van der Waals surface area contributed by atoms with E-state index in [1.54, 1.807) is 25.1 Å². The van der Waals surface area contributed by atoms with Crippen molar-refractivity contribution >= 4 is 31.4 Å². The lowest BCUT2D eigenvalue weighted by Gasteiger charge is -2.30. The number of nitrogens with zero attached hydrogens (tertiary/aromatic N) is 2. The van der Waals surface area contributed by atoms with Gasteiger partial charge in [0.05, 0.1) is 23.7 Å². The summed E-state index contributed by atoms with van der Waals surface area (Å²) in [5, 5.41) is 0. The van der Waals surface area contributed by atoms with Gasteiger partial charge in [0.15, 0.2) is 0 Å². The smallest absolute Gasteiger partial charge is 0.268 e. The summed E-state index contributed by atoms with van der Waals surface area (Å²) in [7, 11) is -7.42. The van der Waals surface area contributed by atoms with Gasteiger partial charge in [0.2, 0.25) is 10.0 Å². The van der Waals surface area contributed by atoms with Crippen molar-refractivity contribution in [2.45, 2.75) is 44.0 Å². The van der Waals surface area contributed by atoms with Gasteiger partial charge in [0.1, 0.15) is 10.6 Å². The molecule has 162 valence electrons. The molecule has 0 amide bonds. The van der Waals surface area contributed by atoms with E-state index in [1.807, 2.05) is 25.1 Å². The van der Waals surface area contributed by atoms with Crippen LogP contribution in [0.5, 0.6) is 5.75 Å². The van der Waals surface area contributed by atoms with E-state index < -0.39 is 20.0 Å². The summed E-state index contributed by atoms with van der Waals surface area (Å²) in [5.74, 6) is 0.297. The Morgan fingerprint density at radius 3 is 2.63 bits per heavy atom. The van der Waals surface area contributed by atoms with Crippen molar-refractivity contribution < 1.29 is 21.6 Å². The Morgan fingerprint density at radius 1 is 1.13 bits per heavy atom. The number of fused-ring (bicyclic) bond motifs is 1. The molecule has 2 aromatic carbocycles. The average Bonchev–Trinajstić information content (AvgIpc) is 3.04. The second kappa shape index (κ2) is 7.77. The Balaban J connectivity index is 1.84. The minimum atomic E-state index is -3.97. The van der Waals surface area contributed by atoms with Crippen LogP contribution in [-0.4, -0.2) is 41.8 Å². The molecule has 0 radical (unpaired) electrons. The van der Waals surface area contributed by atoms with Gasteiger partial charge in [-0.3, -0.25) is 8.61 Å². The van der Waals surface area contributed by atoms with Crippen molar-refractivity contribution in [2.75, 3.05) is 27.5 Å². The number of hydrogen-bond acceptors (Lipinski definition) is 5. The van der Waals surface area contributed by atoms with E-state index in [2.05, 4.69) is 0 Å². The maximum atomic E-state index is 13.8. The van der Waals surface area contributed by atoms with Crippen LogP contribution >= 0.6 is 0 Å². The topological polar surface area (TPSA) is 84.0 Å². The highest BCUT2D eigenvalue weighted by Gasteiger charge is 2.38. The second-order valence-corrected chi connectivity index (χ2v) is 11.4. The number of ether oxygens (including phenoxy) is 1. The molecule has 1 atom stereocenters. The summed E-state index contributed by atoms with van der Waals surface area (Å²) in [5.41, 5.74) is 1.99. The van der Waals surface area contributed by atoms with Gasteiger partial charge in [-0.2, -0.15) is 0 Å². The molecule has 0 bridgehead atoms. The molecular weight excluding hydrogens is 424 g/mol. The quantitative estimate of drug-likeness (QED) is 0.699. The van der Waals surface area contributed by atoms with Gasteiger partial charge in [-0.15, -0.1) is 0 Å². The summed E-state index contributed by atoms with van der Waals surface area (Å²) in [6, 6.07) is 11.8. The molecule has 0 N–H and O–H groups in total. The van der Waals surface area contributed by atoms with E-state index in [0.717, 1.165) is 12.0 Å². The molecule has 9 heteroatoms. The maximum absolute atomic E-state index is 13.8. The largest absolute Gasteiger partial charge is 0.492 e. The molecule has 30 heavy (non-hydrogen) atoms. The van der Waals surface area contributed by atoms with Crippen LogP contribution in [0.1, 0.15) is 32.3 Å². The molecule has 1 fully saturated rings. The molecule has 1 unspecified atom stereocenters. The maximum Gasteiger partial charge on any atom is 0.268 e. The number of benzene rings is 2. The summed E-state index contributed by atoms with van der Waals surface area (Å²) in [6.07, 6.45) is 1.98. The highest BCUT2D eigenvalue weighted by Crippen LogP contribution is 2.40. The summed E-state index contributed by atoms with van der Waals surface area (Å²) < 4.78 is 61.0. The lowest BCUT2D eigenvalue weighted by atomic mass is 10.1. The van der Waals surface area contributed by atoms with E-state index in [1.165, 1.54) is 14.7 Å². The third kappa shape index (κ3) is 3.54. The van der Waals surface area contributed by atoms with Gasteiger partial charge in [0.25, 0.3) is 10.0 Å². The molecule has 2 aromatic rings. The number of para-hydroxylation sites is 1. The van der Waals surface area contributed by atoms with Gasteiger partial charge in [-0.05, 0) is 62.9 Å². The minimum Gasteiger partial charge on any atom is -0.492 e. The molecule has 2 heterocycles. The molecule has 0 saturated carbocycles. The highest BCUT2D eigenvalue weighted by molar-refractivity contribution is 7.93. The van der Waals surface area contributed by atoms with Crippen molar-refractivity contribution in [1.29, 1.82) is 0 Å². The van der Waals surface area contributed by atoms with Crippen LogP contribution in [-0.2, 0) is 26.5 Å². The average molecular weight is 451 g/mol. The molecule has 0 aromatic heterocycles. The fourth-order valence-electron chi connectivity index (χ4n) is 4.22. The lowest BCUT2D eigenvalue weighted by molar-refractivity contribution is 0.331. The Bertz CT molecular complexity index is 1160. The fraction of sp³-hybridized carbons (Fsp3) is 0.429. The van der Waals surface area contributed by atoms with E-state index in [-0.39, 0.29) is 22.4 Å². The van der Waals surface area contributed by atoms with Gasteiger partial charge in [-0.1, -0.05) is 18.2 Å². The second-order valence-electron chi connectivity index (χ2n) is 7.64. The normalized spacial score (nSPS) is 20.8. The summed E-state index contributed by atoms with van der Waals surface area (Å²) >= 11 is 0. The molecular formula is C21H26N2O5S2. The van der Waals surface area contributed by atoms with Crippen LogP contribution in [0.3, 0.4) is 0 Å². The van der Waals surface area contributed by atoms with E-state index in [4.69, 9.17) is 4.74 Å². The zero-order valence-electron chi connectivity index (χ0n) is 17.1. The predicted molar refractivity (Wildman–Crippen MR) is 117 cm³/mol. The number of anilines is 2. The Labute approximate surface area is 178 Å². The van der Waals surface area contributed by atoms with Gasteiger partial charge in [-0.25, -0.2) is 16.8 Å². The number of sulfonamides is 2. The molecule has 2 aliphatic rings. The van der Waals surface area contributed by atoms with Gasteiger partial charge < -0.3 is 4.74 Å². The van der Waals surface area contributed by atoms with Crippen molar-refractivity contribution in [3.8, 4) is 5.75 Å². The third-order valence-corrected chi connectivity index (χ3v) is 9.36. The predicted octanol–water partition coefficient (Wildman–Crippen LogP) is 3.16. The lowest BCUT2D eigenvalue weighted by Crippen LogP contribution is -2.38. The van der Waals surface area contributed by atoms with Crippen LogP contribution in [0.2, 0.25) is 0 Å². The first-order chi connectivity index (χ1) is 14.3. The summed E-state index contributed by atoms with van der Waals surface area (Å²) in [4.78, 5) is -0.00817. The molecule has 2 aliphatic heterocycles. The number of hydrogen-bond donors (Lipinski definition) is 0. The van der Waals surface area contributed by atoms with E-state index >= 15 is 0 Å². The Hall–Kier alpha value is -2.26. The van der Waals surface area contributed by atoms with Crippen LogP contribution in [0, 0.1) is 0 Å². The van der Waals surface area contributed by atoms with Gasteiger partial charge in [0, 0.05) is 12.6 Å². The van der Waals surface area contributed by atoms with Crippen molar-refractivity contribution in [1.82, 2.24) is 0 Å². The first kappa shape index (κ1) is 21.0. The third-order valence-electron chi connectivity index (χ3n) is 5.55. The van der Waals surface area contributed by atoms with E-state index in [0.29, 0.717) is 37.4 Å². The minimum absolute atomic E-state index is 0.00817. The standard InChI is InChI=1S/C21H26N2O5S2/c1-3-28-20-11-10-18(22-12-6-7-13-29(22,24)25)15-21(20)30(26,27)23-16(2)14-17-8-4-5-9-19(17)23/h4-5,8-11,15-16H,3,6-7,12-14H2,1-2H3. The van der Waals surface area contributed by atoms with Crippen molar-refractivity contribution in [2.24, 2.45) is 0 Å². The Kier molecular flexibility index (Phi) is 5.44. The van der Waals surface area contributed by atoms with Crippen LogP contribution in [0.15, 0.2) is 47.4 Å². The van der Waals surface area contributed by atoms with Crippen LogP contribution in [0.4, 0.5) is 11.4 Å². The molecule has 7 nitrogen and oxygen atoms in total. The number of rotatable bonds is 5. The SMILES string of the molecule is CCOc1ccc(N2CCCCS2(=O)=O)cc1S(=O)(=O)N1c2ccccc2CC1C. The van der Waals surface area contributed by atoms with Gasteiger partial charge >= 0.3 is 0 Å². The van der Waals surface area contributed by atoms with E-state index in [9.17, 15) is 16.8 Å². The molecule has 4 rings (SSSR count). The first-order valence-corrected chi connectivity index (χ1v) is 13.2. The zero-order valence-corrected chi connectivity index (χ0v) is 18.7. The van der Waals surface area contributed by atoms with Crippen molar-refractivity contribution in [3.63, 3.8) is 0 Å². The summed E-state index contributed by atoms with van der Waals surface area (Å²) in [6.45, 7) is 4.30. The first-order valence-electron chi connectivity index (χ1n) is 10.2. The fourth-order valence-corrected chi connectivity index (χ4v) is 7.70. The molecule has 0 aliphatic carbocycles. The highest BCUT2D eigenvalue weighted by atomic mass is 32.2. The molecule has 1 saturated heterocycles. The Morgan fingerprint density at radius 2 is 1.90 bits per heavy atom. The van der Waals surface area contributed by atoms with Crippen LogP contribution in [0.25, 0.3) is 0 Å². The zero-order chi connectivity index (χ0) is 21.5. The van der Waals surface area contributed by atoms with Crippen LogP contribution < -0.4 is 13.3 Å². The van der Waals surface area contributed by atoms with Crippen molar-refractivity contribution in [3.05, 3.63) is 48.0 Å². The monoisotopic (exact) mass is 450 g/mol.